The van der Waals surface area contributed by atoms with Gasteiger partial charge in [-0.3, -0.25) is 38.5 Å². The Kier molecular flexibility index (Phi) is 14.4. The van der Waals surface area contributed by atoms with E-state index in [1.54, 1.807) is 45.0 Å². The van der Waals surface area contributed by atoms with E-state index in [-0.39, 0.29) is 42.9 Å². The number of benzene rings is 1. The summed E-state index contributed by atoms with van der Waals surface area (Å²) in [4.78, 5) is 104. The number of amides is 6. The van der Waals surface area contributed by atoms with Gasteiger partial charge >= 0.3 is 0 Å². The van der Waals surface area contributed by atoms with E-state index in [1.807, 2.05) is 6.92 Å². The van der Waals surface area contributed by atoms with Crippen LogP contribution in [-0.4, -0.2) is 106 Å². The average Bonchev–Trinajstić information content (AvgIpc) is 3.93. The number of Topliss-reactive ketones (excluding diaryl/α,β-unsaturated/α-hetero) is 1. The van der Waals surface area contributed by atoms with Crippen LogP contribution >= 0.6 is 0 Å². The number of carbonyl (C=O) groups excluding carboxylic acids is 7. The van der Waals surface area contributed by atoms with E-state index in [0.29, 0.717) is 30.6 Å². The van der Waals surface area contributed by atoms with Gasteiger partial charge in [-0.15, -0.1) is 0 Å². The van der Waals surface area contributed by atoms with Crippen LogP contribution in [0.25, 0.3) is 0 Å². The number of nitrogens with one attached hydrogen (secondary N) is 5. The number of hydrogen-bond donors (Lipinski definition) is 5. The van der Waals surface area contributed by atoms with Gasteiger partial charge in [0.2, 0.25) is 23.5 Å². The van der Waals surface area contributed by atoms with Crippen molar-refractivity contribution < 1.29 is 38.3 Å². The zero-order valence-electron chi connectivity index (χ0n) is 33.5. The third-order valence-electron chi connectivity index (χ3n) is 10.7. The summed E-state index contributed by atoms with van der Waals surface area (Å²) >= 11 is 0. The van der Waals surface area contributed by atoms with Gasteiger partial charge in [0.05, 0.1) is 18.8 Å². The van der Waals surface area contributed by atoms with Crippen molar-refractivity contribution in [3.8, 4) is 5.75 Å². The second-order valence-electron chi connectivity index (χ2n) is 16.3. The molecule has 5 atom stereocenters. The maximum atomic E-state index is 14.8. The minimum atomic E-state index is -1.16. The van der Waals surface area contributed by atoms with Crippen molar-refractivity contribution >= 4 is 41.2 Å². The van der Waals surface area contributed by atoms with E-state index in [2.05, 4.69) is 36.6 Å². The molecule has 3 aliphatic rings. The maximum Gasteiger partial charge on any atom is 0.289 e. The Morgan fingerprint density at radius 2 is 1.67 bits per heavy atom. The van der Waals surface area contributed by atoms with Gasteiger partial charge in [0.25, 0.3) is 17.7 Å². The van der Waals surface area contributed by atoms with Crippen LogP contribution in [0.15, 0.2) is 42.9 Å². The Hall–Kier alpha value is -5.41. The van der Waals surface area contributed by atoms with Crippen molar-refractivity contribution in [3.63, 3.8) is 0 Å². The van der Waals surface area contributed by atoms with E-state index in [1.165, 1.54) is 30.5 Å². The molecule has 2 aliphatic carbocycles. The molecule has 1 saturated heterocycles. The highest BCUT2D eigenvalue weighted by molar-refractivity contribution is 6.38. The second kappa shape index (κ2) is 19.2. The minimum Gasteiger partial charge on any atom is -0.488 e. The lowest BCUT2D eigenvalue weighted by atomic mass is 9.82. The Balaban J connectivity index is 1.41. The third-order valence-corrected chi connectivity index (χ3v) is 10.7. The number of rotatable bonds is 16. The van der Waals surface area contributed by atoms with Crippen molar-refractivity contribution in [3.05, 3.63) is 54.1 Å². The van der Waals surface area contributed by atoms with Crippen molar-refractivity contribution in [2.45, 2.75) is 128 Å². The second-order valence-corrected chi connectivity index (χ2v) is 16.3. The van der Waals surface area contributed by atoms with Crippen LogP contribution in [0.1, 0.15) is 113 Å². The molecule has 16 nitrogen and oxygen atoms in total. The van der Waals surface area contributed by atoms with Crippen molar-refractivity contribution in [2.75, 3.05) is 13.6 Å². The summed E-state index contributed by atoms with van der Waals surface area (Å²) in [7, 11) is 1.51. The lowest BCUT2D eigenvalue weighted by molar-refractivity contribution is -0.145. The number of hydrogen-bond acceptors (Lipinski definition) is 10. The standard InChI is InChI=1S/C41H56N8O8/c1-6-11-29(33(50)39(55)45-26-16-17-26)46-37(53)31-21-28(57-27-15-10-14-25(20-27)35(51)42-5)23-49(31)40(56)34(41(2,3)4)48-38(54)32(24-12-8-7-9-13-24)47-36(52)30-22-43-18-19-44-30/h10,14-15,18-20,22,24,26,28-29,31-32,34H,6-9,11-13,16-17,21,23H2,1-5H3,(H,42,51)(H,45,55)(H,46,53)(H,47,52)(H,48,54)/t28-,29+,31+,32+,34-/m1/s1. The van der Waals surface area contributed by atoms with Gasteiger partial charge in [-0.25, -0.2) is 4.98 Å². The average molecular weight is 789 g/mol. The fourth-order valence-corrected chi connectivity index (χ4v) is 7.43. The maximum absolute atomic E-state index is 14.8. The molecule has 6 amide bonds. The van der Waals surface area contributed by atoms with Gasteiger partial charge in [0.15, 0.2) is 0 Å². The summed E-state index contributed by atoms with van der Waals surface area (Å²) < 4.78 is 6.28. The molecule has 1 aromatic carbocycles. The van der Waals surface area contributed by atoms with E-state index in [0.717, 1.165) is 32.1 Å². The monoisotopic (exact) mass is 788 g/mol. The Morgan fingerprint density at radius 3 is 2.30 bits per heavy atom. The van der Waals surface area contributed by atoms with Crippen LogP contribution in [0.4, 0.5) is 0 Å². The molecule has 308 valence electrons. The van der Waals surface area contributed by atoms with Gasteiger partial charge in [-0.2, -0.15) is 0 Å². The molecule has 0 spiro atoms. The summed E-state index contributed by atoms with van der Waals surface area (Å²) in [6, 6.07) is 2.07. The summed E-state index contributed by atoms with van der Waals surface area (Å²) in [5.74, 6) is -3.99. The number of ether oxygens (including phenoxy) is 1. The molecule has 0 bridgehead atoms. The van der Waals surface area contributed by atoms with Crippen LogP contribution in [0.5, 0.6) is 5.75 Å². The van der Waals surface area contributed by atoms with E-state index in [9.17, 15) is 33.6 Å². The Bertz CT molecular complexity index is 1790. The number of carbonyl (C=O) groups is 7. The first kappa shape index (κ1) is 42.7. The Morgan fingerprint density at radius 1 is 0.930 bits per heavy atom. The van der Waals surface area contributed by atoms with Gasteiger partial charge in [0.1, 0.15) is 35.7 Å². The first-order chi connectivity index (χ1) is 27.2. The molecule has 2 saturated carbocycles. The molecule has 1 aromatic heterocycles. The van der Waals surface area contributed by atoms with Gasteiger partial charge < -0.3 is 36.2 Å². The first-order valence-corrected chi connectivity index (χ1v) is 20.0. The van der Waals surface area contributed by atoms with Crippen LogP contribution in [0.2, 0.25) is 0 Å². The van der Waals surface area contributed by atoms with Crippen molar-refractivity contribution in [1.29, 1.82) is 0 Å². The van der Waals surface area contributed by atoms with Crippen LogP contribution < -0.4 is 31.3 Å². The highest BCUT2D eigenvalue weighted by Gasteiger charge is 2.47. The molecule has 3 fully saturated rings. The van der Waals surface area contributed by atoms with E-state index >= 15 is 0 Å². The van der Waals surface area contributed by atoms with Crippen molar-refractivity contribution in [2.24, 2.45) is 11.3 Å². The number of ketones is 1. The van der Waals surface area contributed by atoms with Crippen LogP contribution in [0, 0.1) is 11.3 Å². The Labute approximate surface area is 333 Å². The SMILES string of the molecule is CCC[C@H](NC(=O)[C@@H]1C[C@@H](Oc2cccc(C(=O)NC)c2)CN1C(=O)[C@@H](NC(=O)[C@@H](NC(=O)c1cnccn1)C1CCCCC1)C(C)(C)C)C(=O)C(=O)NC1CC1. The smallest absolute Gasteiger partial charge is 0.289 e. The third kappa shape index (κ3) is 11.3. The first-order valence-electron chi connectivity index (χ1n) is 20.0. The number of likely N-dealkylation sites (tertiary alicyclic amines) is 1. The minimum absolute atomic E-state index is 0.0206. The molecule has 2 heterocycles. The number of aromatic nitrogens is 2. The molecule has 57 heavy (non-hydrogen) atoms. The predicted octanol–water partition coefficient (Wildman–Crippen LogP) is 2.23. The molecular weight excluding hydrogens is 732 g/mol. The number of nitrogens with zero attached hydrogens (tertiary/aromatic N) is 3. The fraction of sp³-hybridized carbons (Fsp3) is 0.585. The summed E-state index contributed by atoms with van der Waals surface area (Å²) in [5, 5.41) is 13.8. The van der Waals surface area contributed by atoms with Gasteiger partial charge in [-0.05, 0) is 61.6 Å². The predicted molar refractivity (Wildman–Crippen MR) is 209 cm³/mol. The van der Waals surface area contributed by atoms with Crippen LogP contribution in [0.3, 0.4) is 0 Å². The molecule has 5 N–H and O–H groups in total. The van der Waals surface area contributed by atoms with Crippen molar-refractivity contribution in [1.82, 2.24) is 41.5 Å². The molecule has 16 heteroatoms. The molecule has 2 aromatic rings. The quantitative estimate of drug-likeness (QED) is 0.156. The highest BCUT2D eigenvalue weighted by atomic mass is 16.5. The lowest BCUT2D eigenvalue weighted by Crippen LogP contribution is -2.62. The summed E-state index contributed by atoms with van der Waals surface area (Å²) in [6.45, 7) is 7.15. The molecule has 0 radical (unpaired) electrons. The van der Waals surface area contributed by atoms with E-state index < -0.39 is 71.0 Å². The highest BCUT2D eigenvalue weighted by Crippen LogP contribution is 2.31. The molecule has 5 rings (SSSR count). The molecular formula is C41H56N8O8. The zero-order valence-corrected chi connectivity index (χ0v) is 33.5. The molecule has 1 aliphatic heterocycles. The largest absolute Gasteiger partial charge is 0.488 e. The summed E-state index contributed by atoms with van der Waals surface area (Å²) in [5.41, 5.74) is -0.463. The summed E-state index contributed by atoms with van der Waals surface area (Å²) in [6.07, 6.45) is 9.94. The van der Waals surface area contributed by atoms with Crippen LogP contribution in [-0.2, 0) is 24.0 Å². The fourth-order valence-electron chi connectivity index (χ4n) is 7.43. The van der Waals surface area contributed by atoms with Gasteiger partial charge in [-0.1, -0.05) is 59.4 Å². The normalized spacial score (nSPS) is 20.0. The van der Waals surface area contributed by atoms with E-state index in [4.69, 9.17) is 4.74 Å². The lowest BCUT2D eigenvalue weighted by Gasteiger charge is -2.37. The topological polar surface area (TPSA) is 218 Å². The van der Waals surface area contributed by atoms with Gasteiger partial charge in [0, 0.05) is 37.5 Å². The zero-order chi connectivity index (χ0) is 41.3. The molecule has 0 unspecified atom stereocenters.